The number of hydrogen-bond acceptors (Lipinski definition) is 4. The van der Waals surface area contributed by atoms with Gasteiger partial charge in [-0.3, -0.25) is 4.68 Å². The Morgan fingerprint density at radius 2 is 2.00 bits per heavy atom. The van der Waals surface area contributed by atoms with Crippen LogP contribution in [0.4, 0.5) is 0 Å². The van der Waals surface area contributed by atoms with Crippen LogP contribution in [0.15, 0.2) is 27.3 Å². The highest BCUT2D eigenvalue weighted by Gasteiger charge is 2.22. The first-order valence-corrected chi connectivity index (χ1v) is 8.11. The van der Waals surface area contributed by atoms with Crippen LogP contribution < -0.4 is 9.47 Å². The summed E-state index contributed by atoms with van der Waals surface area (Å²) in [6.07, 6.45) is 1.70. The number of benzene rings is 1. The molecule has 1 atom stereocenters. The summed E-state index contributed by atoms with van der Waals surface area (Å²) in [5.41, 5.74) is 1.41. The molecule has 0 bridgehead atoms. The van der Waals surface area contributed by atoms with Crippen LogP contribution in [0.1, 0.15) is 23.8 Å². The van der Waals surface area contributed by atoms with Crippen LogP contribution >= 0.6 is 31.9 Å². The molecule has 5 nitrogen and oxygen atoms in total. The molecule has 1 aliphatic rings. The van der Waals surface area contributed by atoms with Crippen LogP contribution in [0.3, 0.4) is 0 Å². The first kappa shape index (κ1) is 14.9. The highest BCUT2D eigenvalue weighted by atomic mass is 79.9. The van der Waals surface area contributed by atoms with Gasteiger partial charge in [-0.15, -0.1) is 0 Å². The van der Waals surface area contributed by atoms with Gasteiger partial charge in [0.1, 0.15) is 6.10 Å². The van der Waals surface area contributed by atoms with E-state index in [9.17, 15) is 5.11 Å². The van der Waals surface area contributed by atoms with E-state index in [0.717, 1.165) is 20.9 Å². The molecule has 0 fully saturated rings. The fourth-order valence-electron chi connectivity index (χ4n) is 2.29. The first-order chi connectivity index (χ1) is 10.1. The van der Waals surface area contributed by atoms with Crippen LogP contribution in [0, 0.1) is 0 Å². The molecular weight excluding hydrogens is 404 g/mol. The van der Waals surface area contributed by atoms with Crippen molar-refractivity contribution < 1.29 is 14.6 Å². The zero-order valence-electron chi connectivity index (χ0n) is 11.3. The number of halogens is 2. The van der Waals surface area contributed by atoms with E-state index < -0.39 is 6.10 Å². The normalized spacial score (nSPS) is 15.6. The molecule has 0 spiro atoms. The highest BCUT2D eigenvalue weighted by Crippen LogP contribution is 2.41. The summed E-state index contributed by atoms with van der Waals surface area (Å²) in [5.74, 6) is 1.33. The summed E-state index contributed by atoms with van der Waals surface area (Å²) in [6, 6.07) is 3.66. The molecule has 3 rings (SSSR count). The summed E-state index contributed by atoms with van der Waals surface area (Å²) in [6.45, 7) is 1.23. The van der Waals surface area contributed by atoms with Gasteiger partial charge < -0.3 is 14.6 Å². The number of fused-ring (bicyclic) bond motifs is 1. The predicted molar refractivity (Wildman–Crippen MR) is 84.7 cm³/mol. The Bertz CT molecular complexity index is 653. The third-order valence-corrected chi connectivity index (χ3v) is 4.54. The summed E-state index contributed by atoms with van der Waals surface area (Å²) < 4.78 is 14.6. The van der Waals surface area contributed by atoms with Crippen molar-refractivity contribution in [2.24, 2.45) is 7.05 Å². The molecule has 21 heavy (non-hydrogen) atoms. The van der Waals surface area contributed by atoms with Gasteiger partial charge in [0, 0.05) is 13.5 Å². The maximum absolute atomic E-state index is 10.6. The minimum absolute atomic E-state index is 0.606. The van der Waals surface area contributed by atoms with Crippen LogP contribution in [-0.2, 0) is 7.05 Å². The summed E-state index contributed by atoms with van der Waals surface area (Å²) in [5, 5.41) is 14.8. The number of aryl methyl sites for hydroxylation is 1. The molecule has 0 saturated heterocycles. The molecule has 112 valence electrons. The number of aromatic nitrogens is 2. The van der Waals surface area contributed by atoms with Crippen molar-refractivity contribution >= 4 is 31.9 Å². The first-order valence-electron chi connectivity index (χ1n) is 6.52. The van der Waals surface area contributed by atoms with Gasteiger partial charge in [-0.2, -0.15) is 5.10 Å². The van der Waals surface area contributed by atoms with Gasteiger partial charge in [-0.1, -0.05) is 0 Å². The fourth-order valence-corrected chi connectivity index (χ4v) is 3.43. The second kappa shape index (κ2) is 5.98. The van der Waals surface area contributed by atoms with E-state index in [1.165, 1.54) is 0 Å². The maximum Gasteiger partial charge on any atom is 0.175 e. The Hall–Kier alpha value is -1.05. The topological polar surface area (TPSA) is 56.5 Å². The monoisotopic (exact) mass is 416 g/mol. The van der Waals surface area contributed by atoms with Crippen LogP contribution in [0.2, 0.25) is 0 Å². The van der Waals surface area contributed by atoms with Crippen molar-refractivity contribution in [2.45, 2.75) is 12.5 Å². The lowest BCUT2D eigenvalue weighted by Crippen LogP contribution is -2.08. The number of rotatable bonds is 2. The number of ether oxygens (including phenoxy) is 2. The predicted octanol–water partition coefficient (Wildman–Crippen LogP) is 3.19. The minimum atomic E-state index is -0.805. The Labute approximate surface area is 139 Å². The number of hydrogen-bond donors (Lipinski definition) is 1. The van der Waals surface area contributed by atoms with Gasteiger partial charge in [-0.25, -0.2) is 0 Å². The van der Waals surface area contributed by atoms with Gasteiger partial charge in [0.15, 0.2) is 11.5 Å². The van der Waals surface area contributed by atoms with Crippen molar-refractivity contribution in [1.82, 2.24) is 9.78 Å². The van der Waals surface area contributed by atoms with E-state index in [4.69, 9.17) is 9.47 Å². The highest BCUT2D eigenvalue weighted by molar-refractivity contribution is 9.10. The van der Waals surface area contributed by atoms with E-state index in [0.29, 0.717) is 30.4 Å². The largest absolute Gasteiger partial charge is 0.490 e. The lowest BCUT2D eigenvalue weighted by molar-refractivity contribution is 0.208. The average molecular weight is 418 g/mol. The third-order valence-electron chi connectivity index (χ3n) is 3.34. The van der Waals surface area contributed by atoms with Gasteiger partial charge in [0.25, 0.3) is 0 Å². The molecule has 7 heteroatoms. The van der Waals surface area contributed by atoms with Crippen molar-refractivity contribution in [3.05, 3.63) is 38.5 Å². The summed E-state index contributed by atoms with van der Waals surface area (Å²) in [4.78, 5) is 0. The van der Waals surface area contributed by atoms with Gasteiger partial charge in [0.05, 0.1) is 34.0 Å². The van der Waals surface area contributed by atoms with Crippen LogP contribution in [0.5, 0.6) is 11.5 Å². The molecule has 1 unspecified atom stereocenters. The Kier molecular flexibility index (Phi) is 4.24. The molecule has 0 radical (unpaired) electrons. The molecule has 1 aliphatic heterocycles. The molecule has 0 amide bonds. The van der Waals surface area contributed by atoms with Crippen molar-refractivity contribution in [3.63, 3.8) is 0 Å². The SMILES string of the molecule is Cn1ncc(Br)c1C(O)c1cc(Br)c2c(c1)OCCCO2. The van der Waals surface area contributed by atoms with E-state index in [1.54, 1.807) is 17.9 Å². The molecular formula is C14H14Br2N2O3. The third kappa shape index (κ3) is 2.82. The standard InChI is InChI=1S/C14H14Br2N2O3/c1-18-12(10(16)7-17-18)13(19)8-5-9(15)14-11(6-8)20-3-2-4-21-14/h5-7,13,19H,2-4H2,1H3. The quantitative estimate of drug-likeness (QED) is 0.815. The van der Waals surface area contributed by atoms with Crippen molar-refractivity contribution in [3.8, 4) is 11.5 Å². The second-order valence-electron chi connectivity index (χ2n) is 4.78. The zero-order chi connectivity index (χ0) is 15.0. The second-order valence-corrected chi connectivity index (χ2v) is 6.49. The smallest absolute Gasteiger partial charge is 0.175 e. The van der Waals surface area contributed by atoms with Gasteiger partial charge in [-0.05, 0) is 49.6 Å². The molecule has 1 aromatic heterocycles. The molecule has 0 aliphatic carbocycles. The lowest BCUT2D eigenvalue weighted by atomic mass is 10.1. The Morgan fingerprint density at radius 1 is 1.24 bits per heavy atom. The number of aliphatic hydroxyl groups is 1. The Balaban J connectivity index is 2.03. The van der Waals surface area contributed by atoms with E-state index in [2.05, 4.69) is 37.0 Å². The summed E-state index contributed by atoms with van der Waals surface area (Å²) >= 11 is 6.90. The Morgan fingerprint density at radius 3 is 2.71 bits per heavy atom. The lowest BCUT2D eigenvalue weighted by Gasteiger charge is -2.16. The van der Waals surface area contributed by atoms with E-state index in [-0.39, 0.29) is 0 Å². The zero-order valence-corrected chi connectivity index (χ0v) is 14.5. The number of aliphatic hydroxyl groups excluding tert-OH is 1. The average Bonchev–Trinajstić information content (AvgIpc) is 2.67. The minimum Gasteiger partial charge on any atom is -0.490 e. The molecule has 2 heterocycles. The molecule has 1 N–H and O–H groups in total. The maximum atomic E-state index is 10.6. The molecule has 2 aromatic rings. The van der Waals surface area contributed by atoms with E-state index in [1.807, 2.05) is 12.1 Å². The fraction of sp³-hybridized carbons (Fsp3) is 0.357. The van der Waals surface area contributed by atoms with Gasteiger partial charge in [0.2, 0.25) is 0 Å². The van der Waals surface area contributed by atoms with Crippen LogP contribution in [0.25, 0.3) is 0 Å². The summed E-state index contributed by atoms with van der Waals surface area (Å²) in [7, 11) is 1.79. The van der Waals surface area contributed by atoms with Crippen molar-refractivity contribution in [2.75, 3.05) is 13.2 Å². The van der Waals surface area contributed by atoms with Gasteiger partial charge >= 0.3 is 0 Å². The molecule has 1 aromatic carbocycles. The van der Waals surface area contributed by atoms with Crippen molar-refractivity contribution in [1.29, 1.82) is 0 Å². The van der Waals surface area contributed by atoms with Crippen LogP contribution in [-0.4, -0.2) is 28.1 Å². The van der Waals surface area contributed by atoms with E-state index >= 15 is 0 Å². The molecule has 0 saturated carbocycles. The number of nitrogens with zero attached hydrogens (tertiary/aromatic N) is 2.